The molecule has 9 atom stereocenters. The zero-order chi connectivity index (χ0) is 22.1. The fourth-order valence-corrected chi connectivity index (χ4v) is 7.96. The molecule has 4 rings (SSSR count). The van der Waals surface area contributed by atoms with E-state index in [1.807, 2.05) is 19.9 Å². The molecule has 6 heteroatoms. The number of esters is 1. The van der Waals surface area contributed by atoms with Gasteiger partial charge in [-0.25, -0.2) is 0 Å². The second-order valence-corrected chi connectivity index (χ2v) is 10.7. The van der Waals surface area contributed by atoms with Crippen molar-refractivity contribution in [1.29, 1.82) is 0 Å². The molecule has 0 unspecified atom stereocenters. The van der Waals surface area contributed by atoms with Gasteiger partial charge < -0.3 is 14.9 Å². The molecule has 30 heavy (non-hydrogen) atoms. The fourth-order valence-electron chi connectivity index (χ4n) is 7.96. The fraction of sp³-hybridized carbons (Fsp3) is 0.792. The maximum absolute atomic E-state index is 13.1. The summed E-state index contributed by atoms with van der Waals surface area (Å²) in [7, 11) is 0. The Morgan fingerprint density at radius 3 is 2.63 bits per heavy atom. The van der Waals surface area contributed by atoms with Crippen LogP contribution in [0.1, 0.15) is 59.8 Å². The van der Waals surface area contributed by atoms with E-state index in [2.05, 4.69) is 6.92 Å². The van der Waals surface area contributed by atoms with Crippen molar-refractivity contribution in [3.8, 4) is 0 Å². The number of rotatable bonds is 3. The highest BCUT2D eigenvalue weighted by molar-refractivity contribution is 5.92. The summed E-state index contributed by atoms with van der Waals surface area (Å²) >= 11 is 0. The summed E-state index contributed by atoms with van der Waals surface area (Å²) < 4.78 is 4.93. The first-order chi connectivity index (χ1) is 13.9. The molecule has 0 heterocycles. The van der Waals surface area contributed by atoms with Gasteiger partial charge in [0, 0.05) is 18.8 Å². The first-order valence-corrected chi connectivity index (χ1v) is 11.2. The Morgan fingerprint density at radius 2 is 1.97 bits per heavy atom. The minimum Gasteiger partial charge on any atom is -0.458 e. The lowest BCUT2D eigenvalue weighted by Gasteiger charge is -2.61. The second kappa shape index (κ2) is 6.99. The molecule has 3 saturated carbocycles. The summed E-state index contributed by atoms with van der Waals surface area (Å²) in [6, 6.07) is 0. The summed E-state index contributed by atoms with van der Waals surface area (Å²) in [6.07, 6.45) is 6.40. The summed E-state index contributed by atoms with van der Waals surface area (Å²) in [5, 5.41) is 23.1. The van der Waals surface area contributed by atoms with Crippen LogP contribution >= 0.6 is 0 Å². The number of allylic oxidation sites excluding steroid dienone is 2. The van der Waals surface area contributed by atoms with Crippen LogP contribution in [-0.4, -0.2) is 46.1 Å². The number of carbonyl (C=O) groups excluding carboxylic acids is 3. The molecule has 0 bridgehead atoms. The van der Waals surface area contributed by atoms with Crippen LogP contribution in [-0.2, 0) is 19.1 Å². The SMILES string of the molecule is CC(=O)OCC(=O)[C@@]1(O)[C@H](C)C[C@H]2[C@@H]3CC[C@@H]4CC(=O)C=C[C@]4(C)[C@H]3[C@H](O)C[C@@]21C. The van der Waals surface area contributed by atoms with E-state index in [-0.39, 0.29) is 40.8 Å². The standard InChI is InChI=1S/C24H34O6/c1-13-9-18-17-6-5-15-10-16(26)7-8-22(15,3)21(17)19(27)11-23(18,4)24(13,29)20(28)12-30-14(2)25/h7-8,13,15,17-19,21,27,29H,5-6,9-12H2,1-4H3/t13-,15-,17+,18+,19-,21-,22+,23+,24+/m1/s1. The van der Waals surface area contributed by atoms with Gasteiger partial charge in [0.2, 0.25) is 5.78 Å². The van der Waals surface area contributed by atoms with E-state index in [0.29, 0.717) is 19.3 Å². The van der Waals surface area contributed by atoms with Crippen LogP contribution in [0.4, 0.5) is 0 Å². The quantitative estimate of drug-likeness (QED) is 0.683. The van der Waals surface area contributed by atoms with Gasteiger partial charge >= 0.3 is 5.97 Å². The predicted octanol–water partition coefficient (Wildman–Crippen LogP) is 2.45. The Balaban J connectivity index is 1.69. The van der Waals surface area contributed by atoms with Crippen LogP contribution in [0.15, 0.2) is 12.2 Å². The number of hydrogen-bond donors (Lipinski definition) is 2. The maximum atomic E-state index is 13.1. The average molecular weight is 419 g/mol. The first-order valence-electron chi connectivity index (χ1n) is 11.2. The molecule has 0 aromatic heterocycles. The van der Waals surface area contributed by atoms with Crippen molar-refractivity contribution in [1.82, 2.24) is 0 Å². The summed E-state index contributed by atoms with van der Waals surface area (Å²) in [6.45, 7) is 6.80. The van der Waals surface area contributed by atoms with Crippen LogP contribution < -0.4 is 0 Å². The minimum atomic E-state index is -1.63. The highest BCUT2D eigenvalue weighted by Crippen LogP contribution is 2.68. The van der Waals surface area contributed by atoms with Gasteiger partial charge in [-0.3, -0.25) is 14.4 Å². The lowest BCUT2D eigenvalue weighted by molar-refractivity contribution is -0.194. The van der Waals surface area contributed by atoms with Gasteiger partial charge in [-0.1, -0.05) is 26.8 Å². The van der Waals surface area contributed by atoms with Gasteiger partial charge in [0.05, 0.1) is 6.10 Å². The van der Waals surface area contributed by atoms with Crippen LogP contribution in [0.5, 0.6) is 0 Å². The Labute approximate surface area is 178 Å². The third-order valence-electron chi connectivity index (χ3n) is 9.39. The molecule has 0 saturated heterocycles. The van der Waals surface area contributed by atoms with E-state index in [4.69, 9.17) is 4.74 Å². The van der Waals surface area contributed by atoms with Crippen LogP contribution in [0.3, 0.4) is 0 Å². The summed E-state index contributed by atoms with van der Waals surface area (Å²) in [5.74, 6) is -0.625. The van der Waals surface area contributed by atoms with Gasteiger partial charge in [-0.15, -0.1) is 0 Å². The third kappa shape index (κ3) is 2.79. The average Bonchev–Trinajstić information content (AvgIpc) is 2.87. The molecule has 0 amide bonds. The van der Waals surface area contributed by atoms with Crippen molar-refractivity contribution in [3.05, 3.63) is 12.2 Å². The van der Waals surface area contributed by atoms with E-state index in [0.717, 1.165) is 12.8 Å². The van der Waals surface area contributed by atoms with Crippen molar-refractivity contribution >= 4 is 17.5 Å². The zero-order valence-corrected chi connectivity index (χ0v) is 18.4. The number of Topliss-reactive ketones (excluding diaryl/α,β-unsaturated/α-hetero) is 1. The molecule has 0 radical (unpaired) electrons. The van der Waals surface area contributed by atoms with Crippen molar-refractivity contribution in [2.75, 3.05) is 6.61 Å². The molecule has 6 nitrogen and oxygen atoms in total. The first kappa shape index (κ1) is 21.7. The maximum Gasteiger partial charge on any atom is 0.303 e. The Morgan fingerprint density at radius 1 is 1.27 bits per heavy atom. The highest BCUT2D eigenvalue weighted by atomic mass is 16.5. The lowest BCUT2D eigenvalue weighted by atomic mass is 9.44. The molecule has 3 fully saturated rings. The molecule has 2 N–H and O–H groups in total. The van der Waals surface area contributed by atoms with E-state index in [1.54, 1.807) is 6.08 Å². The molecule has 0 spiro atoms. The number of ether oxygens (including phenoxy) is 1. The molecule has 0 aromatic rings. The summed E-state index contributed by atoms with van der Waals surface area (Å²) in [4.78, 5) is 36.3. The number of carbonyl (C=O) groups is 3. The van der Waals surface area contributed by atoms with Crippen molar-refractivity contribution in [2.45, 2.75) is 71.5 Å². The highest BCUT2D eigenvalue weighted by Gasteiger charge is 2.70. The molecule has 166 valence electrons. The van der Waals surface area contributed by atoms with Crippen LogP contribution in [0.25, 0.3) is 0 Å². The van der Waals surface area contributed by atoms with E-state index in [1.165, 1.54) is 6.92 Å². The van der Waals surface area contributed by atoms with Gasteiger partial charge in [0.15, 0.2) is 12.4 Å². The Kier molecular flexibility index (Phi) is 5.06. The largest absolute Gasteiger partial charge is 0.458 e. The molecule has 4 aliphatic carbocycles. The zero-order valence-electron chi connectivity index (χ0n) is 18.4. The Bertz CT molecular complexity index is 804. The molecule has 4 aliphatic rings. The minimum absolute atomic E-state index is 0.0109. The molecule has 0 aliphatic heterocycles. The second-order valence-electron chi connectivity index (χ2n) is 10.7. The van der Waals surface area contributed by atoms with Crippen LogP contribution in [0.2, 0.25) is 0 Å². The van der Waals surface area contributed by atoms with Gasteiger partial charge in [-0.2, -0.15) is 0 Å². The van der Waals surface area contributed by atoms with Gasteiger partial charge in [0.1, 0.15) is 5.60 Å². The third-order valence-corrected chi connectivity index (χ3v) is 9.39. The lowest BCUT2D eigenvalue weighted by Crippen LogP contribution is -2.63. The van der Waals surface area contributed by atoms with Crippen molar-refractivity contribution in [3.63, 3.8) is 0 Å². The Hall–Kier alpha value is -1.53. The van der Waals surface area contributed by atoms with Crippen molar-refractivity contribution in [2.24, 2.45) is 40.4 Å². The van der Waals surface area contributed by atoms with Gasteiger partial charge in [-0.05, 0) is 66.8 Å². The molecule has 0 aromatic carbocycles. The number of aliphatic hydroxyl groups excluding tert-OH is 1. The predicted molar refractivity (Wildman–Crippen MR) is 109 cm³/mol. The summed E-state index contributed by atoms with van der Waals surface area (Å²) in [5.41, 5.74) is -2.65. The van der Waals surface area contributed by atoms with Crippen LogP contribution in [0, 0.1) is 40.4 Å². The smallest absolute Gasteiger partial charge is 0.303 e. The molecular weight excluding hydrogens is 384 g/mol. The van der Waals surface area contributed by atoms with E-state index < -0.39 is 35.5 Å². The number of ketones is 2. The number of fused-ring (bicyclic) bond motifs is 5. The van der Waals surface area contributed by atoms with E-state index in [9.17, 15) is 24.6 Å². The van der Waals surface area contributed by atoms with Gasteiger partial charge in [0.25, 0.3) is 0 Å². The molecular formula is C24H34O6. The normalized spacial score (nSPS) is 49.7. The monoisotopic (exact) mass is 418 g/mol. The topological polar surface area (TPSA) is 101 Å². The number of aliphatic hydroxyl groups is 2. The van der Waals surface area contributed by atoms with E-state index >= 15 is 0 Å². The number of hydrogen-bond acceptors (Lipinski definition) is 6. The van der Waals surface area contributed by atoms with Crippen molar-refractivity contribution < 1.29 is 29.3 Å².